The van der Waals surface area contributed by atoms with E-state index in [1.54, 1.807) is 29.8 Å². The van der Waals surface area contributed by atoms with E-state index in [0.717, 1.165) is 12.3 Å². The number of carbonyl (C=O) groups is 1. The van der Waals surface area contributed by atoms with Crippen LogP contribution in [0.2, 0.25) is 0 Å². The maximum Gasteiger partial charge on any atom is 0.194 e. The van der Waals surface area contributed by atoms with Gasteiger partial charge in [-0.15, -0.1) is 0 Å². The molecule has 18 heavy (non-hydrogen) atoms. The summed E-state index contributed by atoms with van der Waals surface area (Å²) in [5.41, 5.74) is 0.584. The number of likely N-dealkylation sites (N-methyl/N-ethyl adjacent to an activating group) is 1. The van der Waals surface area contributed by atoms with Crippen molar-refractivity contribution >= 4 is 17.5 Å². The predicted octanol–water partition coefficient (Wildman–Crippen LogP) is 1.39. The van der Waals surface area contributed by atoms with Gasteiger partial charge in [-0.3, -0.25) is 9.48 Å². The lowest BCUT2D eigenvalue weighted by Crippen LogP contribution is -2.22. The lowest BCUT2D eigenvalue weighted by atomic mass is 10.3. The molecular weight excluding hydrogens is 250 g/mol. The highest BCUT2D eigenvalue weighted by Gasteiger charge is 2.18. The van der Waals surface area contributed by atoms with Crippen molar-refractivity contribution in [3.05, 3.63) is 11.9 Å². The third-order valence-electron chi connectivity index (χ3n) is 2.49. The van der Waals surface area contributed by atoms with Gasteiger partial charge in [-0.05, 0) is 19.8 Å². The molecule has 0 aliphatic rings. The second-order valence-electron chi connectivity index (χ2n) is 4.15. The molecule has 1 aromatic rings. The summed E-state index contributed by atoms with van der Waals surface area (Å²) in [7, 11) is 5.56. The Morgan fingerprint density at radius 3 is 2.83 bits per heavy atom. The van der Waals surface area contributed by atoms with Gasteiger partial charge in [-0.2, -0.15) is 16.9 Å². The minimum atomic E-state index is 0.0787. The van der Waals surface area contributed by atoms with E-state index in [2.05, 4.69) is 10.00 Å². The van der Waals surface area contributed by atoms with Crippen LogP contribution in [0.15, 0.2) is 6.20 Å². The molecule has 1 rings (SSSR count). The van der Waals surface area contributed by atoms with Crippen LogP contribution in [0.5, 0.6) is 5.75 Å². The number of rotatable bonds is 8. The van der Waals surface area contributed by atoms with Gasteiger partial charge < -0.3 is 9.64 Å². The second kappa shape index (κ2) is 7.43. The fourth-order valence-corrected chi connectivity index (χ4v) is 2.05. The van der Waals surface area contributed by atoms with E-state index in [1.165, 1.54) is 0 Å². The standard InChI is InChI=1S/C12H21N3O2S/c1-5-18-9-10(16)12-11(17-4)8-13-15(12)7-6-14(2)3/h8H,5-7,9H2,1-4H3. The van der Waals surface area contributed by atoms with Crippen molar-refractivity contribution in [2.75, 3.05) is 39.3 Å². The summed E-state index contributed by atoms with van der Waals surface area (Å²) in [6.45, 7) is 3.57. The normalized spacial score (nSPS) is 10.9. The number of nitrogens with zero attached hydrogens (tertiary/aromatic N) is 3. The van der Waals surface area contributed by atoms with E-state index in [4.69, 9.17) is 4.74 Å². The van der Waals surface area contributed by atoms with Gasteiger partial charge in [0.2, 0.25) is 0 Å². The van der Waals surface area contributed by atoms with Crippen molar-refractivity contribution in [2.24, 2.45) is 0 Å². The molecule has 0 bridgehead atoms. The summed E-state index contributed by atoms with van der Waals surface area (Å²) >= 11 is 1.61. The summed E-state index contributed by atoms with van der Waals surface area (Å²) < 4.78 is 6.94. The van der Waals surface area contributed by atoms with Gasteiger partial charge in [0.15, 0.2) is 11.5 Å². The Labute approximate surface area is 112 Å². The minimum Gasteiger partial charge on any atom is -0.493 e. The summed E-state index contributed by atoms with van der Waals surface area (Å²) in [5.74, 6) is 2.05. The molecule has 0 saturated carbocycles. The number of ether oxygens (including phenoxy) is 1. The largest absolute Gasteiger partial charge is 0.493 e. The summed E-state index contributed by atoms with van der Waals surface area (Å²) in [5, 5.41) is 4.22. The molecule has 1 aromatic heterocycles. The first-order chi connectivity index (χ1) is 8.60. The first-order valence-electron chi connectivity index (χ1n) is 5.95. The summed E-state index contributed by atoms with van der Waals surface area (Å²) in [6, 6.07) is 0. The van der Waals surface area contributed by atoms with Crippen LogP contribution in [0.1, 0.15) is 17.4 Å². The zero-order chi connectivity index (χ0) is 13.5. The van der Waals surface area contributed by atoms with Gasteiger partial charge >= 0.3 is 0 Å². The van der Waals surface area contributed by atoms with Gasteiger partial charge in [0.25, 0.3) is 0 Å². The number of aromatic nitrogens is 2. The molecular formula is C12H21N3O2S. The number of thioether (sulfide) groups is 1. The topological polar surface area (TPSA) is 47.4 Å². The van der Waals surface area contributed by atoms with Crippen LogP contribution in [-0.2, 0) is 6.54 Å². The first kappa shape index (κ1) is 15.0. The van der Waals surface area contributed by atoms with Crippen molar-refractivity contribution < 1.29 is 9.53 Å². The second-order valence-corrected chi connectivity index (χ2v) is 5.42. The molecule has 0 atom stereocenters. The van der Waals surface area contributed by atoms with E-state index >= 15 is 0 Å². The lowest BCUT2D eigenvalue weighted by Gasteiger charge is -2.12. The molecule has 6 heteroatoms. The van der Waals surface area contributed by atoms with Crippen LogP contribution in [0.3, 0.4) is 0 Å². The Hall–Kier alpha value is -1.01. The third-order valence-corrected chi connectivity index (χ3v) is 3.36. The fourth-order valence-electron chi connectivity index (χ4n) is 1.53. The van der Waals surface area contributed by atoms with E-state index in [9.17, 15) is 4.79 Å². The van der Waals surface area contributed by atoms with Crippen LogP contribution in [0.25, 0.3) is 0 Å². The summed E-state index contributed by atoms with van der Waals surface area (Å²) in [6.07, 6.45) is 1.61. The molecule has 0 aliphatic heterocycles. The van der Waals surface area contributed by atoms with E-state index < -0.39 is 0 Å². The van der Waals surface area contributed by atoms with E-state index in [1.807, 2.05) is 21.0 Å². The highest BCUT2D eigenvalue weighted by atomic mass is 32.2. The number of ketones is 1. The monoisotopic (exact) mass is 271 g/mol. The highest BCUT2D eigenvalue weighted by molar-refractivity contribution is 7.99. The molecule has 0 aliphatic carbocycles. The van der Waals surface area contributed by atoms with Gasteiger partial charge in [0.05, 0.1) is 25.6 Å². The zero-order valence-corrected chi connectivity index (χ0v) is 12.3. The van der Waals surface area contributed by atoms with E-state index in [0.29, 0.717) is 23.7 Å². The van der Waals surface area contributed by atoms with Crippen molar-refractivity contribution in [1.29, 1.82) is 0 Å². The van der Waals surface area contributed by atoms with Crippen molar-refractivity contribution in [2.45, 2.75) is 13.5 Å². The zero-order valence-electron chi connectivity index (χ0n) is 11.5. The Kier molecular flexibility index (Phi) is 6.21. The molecule has 1 heterocycles. The Morgan fingerprint density at radius 1 is 1.56 bits per heavy atom. The van der Waals surface area contributed by atoms with Crippen molar-refractivity contribution in [3.63, 3.8) is 0 Å². The molecule has 0 N–H and O–H groups in total. The lowest BCUT2D eigenvalue weighted by molar-refractivity contribution is 0.100. The number of carbonyl (C=O) groups excluding carboxylic acids is 1. The number of hydrogen-bond acceptors (Lipinski definition) is 5. The molecule has 5 nitrogen and oxygen atoms in total. The van der Waals surface area contributed by atoms with Gasteiger partial charge in [-0.25, -0.2) is 0 Å². The molecule has 0 radical (unpaired) electrons. The molecule has 102 valence electrons. The summed E-state index contributed by atoms with van der Waals surface area (Å²) in [4.78, 5) is 14.2. The smallest absolute Gasteiger partial charge is 0.194 e. The predicted molar refractivity (Wildman–Crippen MR) is 74.7 cm³/mol. The van der Waals surface area contributed by atoms with Gasteiger partial charge in [0, 0.05) is 6.54 Å². The molecule has 0 spiro atoms. The van der Waals surface area contributed by atoms with Crippen molar-refractivity contribution in [3.8, 4) is 5.75 Å². The average Bonchev–Trinajstić information content (AvgIpc) is 2.76. The minimum absolute atomic E-state index is 0.0787. The van der Waals surface area contributed by atoms with E-state index in [-0.39, 0.29) is 5.78 Å². The molecule has 0 saturated heterocycles. The number of hydrogen-bond donors (Lipinski definition) is 0. The maximum atomic E-state index is 12.1. The number of methoxy groups -OCH3 is 1. The van der Waals surface area contributed by atoms with Gasteiger partial charge in [0.1, 0.15) is 5.69 Å². The molecule has 0 aromatic carbocycles. The van der Waals surface area contributed by atoms with Crippen LogP contribution in [-0.4, -0.2) is 59.7 Å². The first-order valence-corrected chi connectivity index (χ1v) is 7.11. The molecule has 0 fully saturated rings. The fraction of sp³-hybridized carbons (Fsp3) is 0.667. The maximum absolute atomic E-state index is 12.1. The van der Waals surface area contributed by atoms with Crippen molar-refractivity contribution in [1.82, 2.24) is 14.7 Å². The SMILES string of the molecule is CCSCC(=O)c1c(OC)cnn1CCN(C)C. The van der Waals surface area contributed by atoms with Crippen LogP contribution < -0.4 is 4.74 Å². The van der Waals surface area contributed by atoms with Crippen LogP contribution in [0, 0.1) is 0 Å². The molecule has 0 amide bonds. The molecule has 0 unspecified atom stereocenters. The van der Waals surface area contributed by atoms with Gasteiger partial charge in [-0.1, -0.05) is 6.92 Å². The highest BCUT2D eigenvalue weighted by Crippen LogP contribution is 2.19. The third kappa shape index (κ3) is 4.03. The Bertz CT molecular complexity index is 391. The van der Waals surface area contributed by atoms with Crippen LogP contribution in [0.4, 0.5) is 0 Å². The number of Topliss-reactive ketones (excluding diaryl/α,β-unsaturated/α-hetero) is 1. The van der Waals surface area contributed by atoms with Crippen LogP contribution >= 0.6 is 11.8 Å². The quantitative estimate of drug-likeness (QED) is 0.669. The average molecular weight is 271 g/mol. The Balaban J connectivity index is 2.84. The Morgan fingerprint density at radius 2 is 2.28 bits per heavy atom.